The third-order valence-electron chi connectivity index (χ3n) is 4.32. The van der Waals surface area contributed by atoms with Crippen LogP contribution in [0.25, 0.3) is 0 Å². The molecular formula is C14H23N5O2S. The van der Waals surface area contributed by atoms with E-state index in [0.717, 1.165) is 36.9 Å². The van der Waals surface area contributed by atoms with Crippen LogP contribution in [0.3, 0.4) is 0 Å². The lowest BCUT2D eigenvalue weighted by molar-refractivity contribution is 0.0417. The molecule has 1 aromatic heterocycles. The van der Waals surface area contributed by atoms with Crippen LogP contribution in [0, 0.1) is 0 Å². The van der Waals surface area contributed by atoms with E-state index in [1.807, 2.05) is 16.1 Å². The number of carbonyl (C=O) groups excluding carboxylic acids is 1. The zero-order chi connectivity index (χ0) is 15.5. The Labute approximate surface area is 135 Å². The highest BCUT2D eigenvalue weighted by Gasteiger charge is 2.36. The topological polar surface area (TPSA) is 63.5 Å². The van der Waals surface area contributed by atoms with Crippen molar-refractivity contribution in [3.05, 3.63) is 5.82 Å². The van der Waals surface area contributed by atoms with Gasteiger partial charge in [-0.15, -0.1) is 10.2 Å². The van der Waals surface area contributed by atoms with E-state index < -0.39 is 0 Å². The monoisotopic (exact) mass is 325 g/mol. The molecular weight excluding hydrogens is 302 g/mol. The predicted octanol–water partition coefficient (Wildman–Crippen LogP) is 1.61. The van der Waals surface area contributed by atoms with E-state index in [0.29, 0.717) is 26.3 Å². The van der Waals surface area contributed by atoms with Gasteiger partial charge in [-0.05, 0) is 26.0 Å². The summed E-state index contributed by atoms with van der Waals surface area (Å²) in [4.78, 5) is 16.7. The fraction of sp³-hybridized carbons (Fsp3) is 0.786. The van der Waals surface area contributed by atoms with E-state index in [4.69, 9.17) is 4.74 Å². The average Bonchev–Trinajstić information content (AvgIpc) is 3.20. The van der Waals surface area contributed by atoms with Crippen molar-refractivity contribution < 1.29 is 9.53 Å². The van der Waals surface area contributed by atoms with Gasteiger partial charge in [0.25, 0.3) is 0 Å². The summed E-state index contributed by atoms with van der Waals surface area (Å²) in [6.45, 7) is 6.34. The van der Waals surface area contributed by atoms with Gasteiger partial charge in [-0.3, -0.25) is 0 Å². The number of hydrogen-bond donors (Lipinski definition) is 0. The molecule has 22 heavy (non-hydrogen) atoms. The number of morpholine rings is 1. The summed E-state index contributed by atoms with van der Waals surface area (Å²) in [6, 6.07) is 0.158. The number of ether oxygens (including phenoxy) is 1. The van der Waals surface area contributed by atoms with Crippen LogP contribution in [-0.2, 0) is 11.3 Å². The fourth-order valence-corrected chi connectivity index (χ4v) is 3.76. The Morgan fingerprint density at radius 3 is 2.77 bits per heavy atom. The maximum absolute atomic E-state index is 12.8. The largest absolute Gasteiger partial charge is 0.378 e. The van der Waals surface area contributed by atoms with Crippen molar-refractivity contribution in [3.63, 3.8) is 0 Å². The first-order chi connectivity index (χ1) is 10.8. The van der Waals surface area contributed by atoms with Crippen LogP contribution < -0.4 is 0 Å². The molecule has 3 heterocycles. The van der Waals surface area contributed by atoms with E-state index in [1.165, 1.54) is 0 Å². The normalized spacial score (nSPS) is 22.4. The van der Waals surface area contributed by atoms with Gasteiger partial charge in [0, 0.05) is 26.2 Å². The van der Waals surface area contributed by atoms with Gasteiger partial charge >= 0.3 is 6.03 Å². The molecule has 1 unspecified atom stereocenters. The van der Waals surface area contributed by atoms with Crippen LogP contribution in [-0.4, -0.2) is 69.7 Å². The van der Waals surface area contributed by atoms with Crippen molar-refractivity contribution in [2.75, 3.05) is 39.1 Å². The number of nitrogens with zero attached hydrogens (tertiary/aromatic N) is 5. The number of hydrogen-bond acceptors (Lipinski definition) is 5. The van der Waals surface area contributed by atoms with E-state index in [1.54, 1.807) is 11.8 Å². The first-order valence-electron chi connectivity index (χ1n) is 7.86. The second kappa shape index (κ2) is 6.87. The molecule has 2 aliphatic heterocycles. The summed E-state index contributed by atoms with van der Waals surface area (Å²) in [5, 5.41) is 9.55. The van der Waals surface area contributed by atoms with Crippen molar-refractivity contribution in [1.82, 2.24) is 24.6 Å². The molecule has 0 aliphatic carbocycles. The zero-order valence-corrected chi connectivity index (χ0v) is 14.0. The molecule has 1 atom stereocenters. The Bertz CT molecular complexity index is 529. The summed E-state index contributed by atoms with van der Waals surface area (Å²) in [5.41, 5.74) is 0. The molecule has 0 N–H and O–H groups in total. The van der Waals surface area contributed by atoms with Crippen molar-refractivity contribution in [2.45, 2.75) is 37.5 Å². The number of aromatic nitrogens is 3. The van der Waals surface area contributed by atoms with Gasteiger partial charge < -0.3 is 19.1 Å². The first-order valence-corrected chi connectivity index (χ1v) is 9.09. The smallest absolute Gasteiger partial charge is 0.320 e. The van der Waals surface area contributed by atoms with Crippen molar-refractivity contribution in [3.8, 4) is 0 Å². The molecule has 122 valence electrons. The first kappa shape index (κ1) is 15.6. The summed E-state index contributed by atoms with van der Waals surface area (Å²) >= 11 is 1.60. The number of amides is 2. The summed E-state index contributed by atoms with van der Waals surface area (Å²) in [6.07, 6.45) is 3.99. The molecule has 0 spiro atoms. The van der Waals surface area contributed by atoms with Gasteiger partial charge in [0.2, 0.25) is 0 Å². The van der Waals surface area contributed by atoms with Gasteiger partial charge in [0.1, 0.15) is 0 Å². The fourth-order valence-electron chi connectivity index (χ4n) is 3.20. The van der Waals surface area contributed by atoms with E-state index >= 15 is 0 Å². The van der Waals surface area contributed by atoms with Crippen LogP contribution in [0.5, 0.6) is 0 Å². The summed E-state index contributed by atoms with van der Waals surface area (Å²) in [5.74, 6) is 0.922. The van der Waals surface area contributed by atoms with Gasteiger partial charge in [-0.2, -0.15) is 0 Å². The average molecular weight is 325 g/mol. The van der Waals surface area contributed by atoms with Crippen LogP contribution in [0.15, 0.2) is 5.16 Å². The minimum absolute atomic E-state index is 0.0451. The second-order valence-electron chi connectivity index (χ2n) is 5.52. The van der Waals surface area contributed by atoms with Crippen LogP contribution in [0.1, 0.15) is 31.6 Å². The lowest BCUT2D eigenvalue weighted by atomic mass is 10.2. The maximum Gasteiger partial charge on any atom is 0.320 e. The van der Waals surface area contributed by atoms with Crippen molar-refractivity contribution in [1.29, 1.82) is 0 Å². The summed E-state index contributed by atoms with van der Waals surface area (Å²) < 4.78 is 7.46. The number of urea groups is 1. The maximum atomic E-state index is 12.8. The van der Waals surface area contributed by atoms with E-state index in [2.05, 4.69) is 21.7 Å². The quantitative estimate of drug-likeness (QED) is 0.790. The Morgan fingerprint density at radius 1 is 1.32 bits per heavy atom. The zero-order valence-electron chi connectivity index (χ0n) is 13.2. The third-order valence-corrected chi connectivity index (χ3v) is 4.99. The molecule has 2 saturated heterocycles. The van der Waals surface area contributed by atoms with Crippen LogP contribution in [0.2, 0.25) is 0 Å². The van der Waals surface area contributed by atoms with Crippen molar-refractivity contribution in [2.24, 2.45) is 0 Å². The lowest BCUT2D eigenvalue weighted by Crippen LogP contribution is -2.48. The van der Waals surface area contributed by atoms with E-state index in [-0.39, 0.29) is 12.1 Å². The highest BCUT2D eigenvalue weighted by atomic mass is 32.2. The Hall–Kier alpha value is -1.28. The standard InChI is InChI=1S/C14H23N5O2S/c1-3-18-12(15-16-13(18)22-2)11-5-4-6-19(11)14(20)17-7-9-21-10-8-17/h11H,3-10H2,1-2H3. The van der Waals surface area contributed by atoms with Gasteiger partial charge in [-0.25, -0.2) is 4.79 Å². The van der Waals surface area contributed by atoms with Crippen molar-refractivity contribution >= 4 is 17.8 Å². The molecule has 0 aromatic carbocycles. The van der Waals surface area contributed by atoms with Crippen LogP contribution in [0.4, 0.5) is 4.79 Å². The summed E-state index contributed by atoms with van der Waals surface area (Å²) in [7, 11) is 0. The molecule has 2 aliphatic rings. The molecule has 2 amide bonds. The molecule has 3 rings (SSSR count). The Balaban J connectivity index is 1.80. The number of likely N-dealkylation sites (tertiary alicyclic amines) is 1. The number of thioether (sulfide) groups is 1. The highest BCUT2D eigenvalue weighted by Crippen LogP contribution is 2.33. The molecule has 8 heteroatoms. The lowest BCUT2D eigenvalue weighted by Gasteiger charge is -2.33. The van der Waals surface area contributed by atoms with Gasteiger partial charge in [-0.1, -0.05) is 11.8 Å². The number of rotatable bonds is 3. The predicted molar refractivity (Wildman–Crippen MR) is 83.9 cm³/mol. The Kier molecular flexibility index (Phi) is 4.87. The molecule has 0 bridgehead atoms. The molecule has 2 fully saturated rings. The van der Waals surface area contributed by atoms with Gasteiger partial charge in [0.15, 0.2) is 11.0 Å². The molecule has 0 radical (unpaired) electrons. The molecule has 0 saturated carbocycles. The SMILES string of the molecule is CCn1c(SC)nnc1C1CCCN1C(=O)N1CCOCC1. The van der Waals surface area contributed by atoms with Crippen LogP contribution >= 0.6 is 11.8 Å². The molecule has 1 aromatic rings. The third kappa shape index (κ3) is 2.81. The number of carbonyl (C=O) groups is 1. The second-order valence-corrected chi connectivity index (χ2v) is 6.30. The van der Waals surface area contributed by atoms with E-state index in [9.17, 15) is 4.79 Å². The minimum Gasteiger partial charge on any atom is -0.378 e. The highest BCUT2D eigenvalue weighted by molar-refractivity contribution is 7.98. The minimum atomic E-state index is 0.0451. The van der Waals surface area contributed by atoms with Gasteiger partial charge in [0.05, 0.1) is 19.3 Å². The molecule has 7 nitrogen and oxygen atoms in total. The Morgan fingerprint density at radius 2 is 2.09 bits per heavy atom.